The predicted octanol–water partition coefficient (Wildman–Crippen LogP) is 2.20. The van der Waals surface area contributed by atoms with Gasteiger partial charge in [0.2, 0.25) is 5.43 Å². The second-order valence-electron chi connectivity index (χ2n) is 4.82. The number of allylic oxidation sites excluding steroid dienone is 1. The van der Waals surface area contributed by atoms with Crippen molar-refractivity contribution in [3.63, 3.8) is 0 Å². The Balaban J connectivity index is 2.92. The van der Waals surface area contributed by atoms with E-state index in [-0.39, 0.29) is 39.4 Å². The highest BCUT2D eigenvalue weighted by Gasteiger charge is 2.25. The van der Waals surface area contributed by atoms with E-state index in [9.17, 15) is 14.4 Å². The van der Waals surface area contributed by atoms with Gasteiger partial charge in [-0.15, -0.1) is 0 Å². The molecule has 0 aliphatic carbocycles. The summed E-state index contributed by atoms with van der Waals surface area (Å²) >= 11 is 0. The molecule has 2 rings (SSSR count). The summed E-state index contributed by atoms with van der Waals surface area (Å²) in [4.78, 5) is 36.0. The van der Waals surface area contributed by atoms with E-state index in [1.54, 1.807) is 0 Å². The van der Waals surface area contributed by atoms with Crippen LogP contribution >= 0.6 is 0 Å². The van der Waals surface area contributed by atoms with Crippen LogP contribution in [0.25, 0.3) is 17.0 Å². The molecule has 0 radical (unpaired) electrons. The normalized spacial score (nSPS) is 10.8. The van der Waals surface area contributed by atoms with Gasteiger partial charge in [0.1, 0.15) is 17.4 Å². The first kappa shape index (κ1) is 17.3. The van der Waals surface area contributed by atoms with E-state index >= 15 is 0 Å². The zero-order chi connectivity index (χ0) is 17.9. The minimum absolute atomic E-state index is 0.00907. The zero-order valence-electron chi connectivity index (χ0n) is 13.7. The van der Waals surface area contributed by atoms with Crippen molar-refractivity contribution in [2.45, 2.75) is 6.92 Å². The highest BCUT2D eigenvalue weighted by Crippen LogP contribution is 2.36. The van der Waals surface area contributed by atoms with Crippen LogP contribution in [0.5, 0.6) is 11.5 Å². The lowest BCUT2D eigenvalue weighted by atomic mass is 10.0. The van der Waals surface area contributed by atoms with Crippen LogP contribution in [0.2, 0.25) is 0 Å². The Hall–Kier alpha value is -3.09. The van der Waals surface area contributed by atoms with E-state index in [0.717, 1.165) is 0 Å². The fourth-order valence-corrected chi connectivity index (χ4v) is 2.23. The lowest BCUT2D eigenvalue weighted by Crippen LogP contribution is -2.14. The van der Waals surface area contributed by atoms with Crippen molar-refractivity contribution < 1.29 is 28.2 Å². The lowest BCUT2D eigenvalue weighted by molar-refractivity contribution is -0.112. The van der Waals surface area contributed by atoms with Crippen LogP contribution < -0.4 is 14.9 Å². The first-order valence-electron chi connectivity index (χ1n) is 6.92. The second-order valence-corrected chi connectivity index (χ2v) is 4.82. The molecule has 0 aliphatic rings. The predicted molar refractivity (Wildman–Crippen MR) is 86.6 cm³/mol. The minimum atomic E-state index is -0.768. The number of carbonyl (C=O) groups excluding carboxylic acids is 2. The summed E-state index contributed by atoms with van der Waals surface area (Å²) in [7, 11) is 3.93. The molecule has 126 valence electrons. The molecule has 2 aromatic rings. The average Bonchev–Trinajstić information content (AvgIpc) is 2.58. The third-order valence-corrected chi connectivity index (χ3v) is 3.32. The summed E-state index contributed by atoms with van der Waals surface area (Å²) in [5.74, 6) is -0.705. The van der Waals surface area contributed by atoms with E-state index in [2.05, 4.69) is 0 Å². The van der Waals surface area contributed by atoms with Crippen molar-refractivity contribution in [3.05, 3.63) is 39.8 Å². The number of methoxy groups -OCH3 is 3. The maximum Gasteiger partial charge on any atom is 0.342 e. The Morgan fingerprint density at radius 3 is 2.42 bits per heavy atom. The van der Waals surface area contributed by atoms with Gasteiger partial charge in [0.15, 0.2) is 17.3 Å². The molecule has 7 heteroatoms. The summed E-state index contributed by atoms with van der Waals surface area (Å²) in [6.07, 6.45) is 3.76. The Kier molecular flexibility index (Phi) is 5.03. The standard InChI is InChI=1S/C17H16O7/c1-9(18)5-6-10-8-24-11-7-12(21-2)16(22-3)14(17(20)23-4)13(11)15(10)19/h5-8H,1-4H3/b6-5+. The van der Waals surface area contributed by atoms with Crippen LogP contribution in [0.3, 0.4) is 0 Å². The van der Waals surface area contributed by atoms with Crippen LogP contribution in [0.4, 0.5) is 0 Å². The molecule has 0 spiro atoms. The zero-order valence-corrected chi connectivity index (χ0v) is 13.7. The smallest absolute Gasteiger partial charge is 0.342 e. The molecule has 1 aromatic carbocycles. The highest BCUT2D eigenvalue weighted by atomic mass is 16.5. The van der Waals surface area contributed by atoms with Gasteiger partial charge in [0, 0.05) is 6.07 Å². The lowest BCUT2D eigenvalue weighted by Gasteiger charge is -2.13. The van der Waals surface area contributed by atoms with E-state index in [4.69, 9.17) is 18.6 Å². The minimum Gasteiger partial charge on any atom is -0.493 e. The molecule has 7 nitrogen and oxygen atoms in total. The van der Waals surface area contributed by atoms with Crippen molar-refractivity contribution in [1.29, 1.82) is 0 Å². The molecule has 0 amide bonds. The van der Waals surface area contributed by atoms with Crippen LogP contribution in [0.1, 0.15) is 22.8 Å². The monoisotopic (exact) mass is 332 g/mol. The fraction of sp³-hybridized carbons (Fsp3) is 0.235. The Morgan fingerprint density at radius 2 is 1.88 bits per heavy atom. The molecule has 0 unspecified atom stereocenters. The summed E-state index contributed by atoms with van der Waals surface area (Å²) in [6, 6.07) is 1.44. The van der Waals surface area contributed by atoms with E-state index < -0.39 is 11.4 Å². The number of hydrogen-bond donors (Lipinski definition) is 0. The van der Waals surface area contributed by atoms with Gasteiger partial charge in [-0.1, -0.05) is 0 Å². The van der Waals surface area contributed by atoms with Crippen LogP contribution in [0.15, 0.2) is 27.6 Å². The molecular weight excluding hydrogens is 316 g/mol. The molecule has 1 heterocycles. The molecule has 0 bridgehead atoms. The second kappa shape index (κ2) is 6.99. The van der Waals surface area contributed by atoms with Crippen molar-refractivity contribution in [2.24, 2.45) is 0 Å². The van der Waals surface area contributed by atoms with Crippen molar-refractivity contribution in [1.82, 2.24) is 0 Å². The van der Waals surface area contributed by atoms with Gasteiger partial charge in [-0.3, -0.25) is 9.59 Å². The number of ketones is 1. The van der Waals surface area contributed by atoms with E-state index in [1.165, 1.54) is 52.7 Å². The van der Waals surface area contributed by atoms with Crippen molar-refractivity contribution in [3.8, 4) is 11.5 Å². The number of rotatable bonds is 5. The third kappa shape index (κ3) is 3.01. The summed E-state index contributed by atoms with van der Waals surface area (Å²) in [5.41, 5.74) is -0.329. The van der Waals surface area contributed by atoms with Crippen molar-refractivity contribution in [2.75, 3.05) is 21.3 Å². The first-order valence-corrected chi connectivity index (χ1v) is 6.92. The van der Waals surface area contributed by atoms with Gasteiger partial charge < -0.3 is 18.6 Å². The molecule has 1 aromatic heterocycles. The first-order chi connectivity index (χ1) is 11.4. The van der Waals surface area contributed by atoms with Gasteiger partial charge in [-0.05, 0) is 19.1 Å². The quantitative estimate of drug-likeness (QED) is 0.612. The Morgan fingerprint density at radius 1 is 1.17 bits per heavy atom. The van der Waals surface area contributed by atoms with Gasteiger partial charge in [-0.25, -0.2) is 4.79 Å². The van der Waals surface area contributed by atoms with E-state index in [0.29, 0.717) is 0 Å². The van der Waals surface area contributed by atoms with E-state index in [1.807, 2.05) is 0 Å². The van der Waals surface area contributed by atoms with Gasteiger partial charge in [0.25, 0.3) is 0 Å². The fourth-order valence-electron chi connectivity index (χ4n) is 2.23. The summed E-state index contributed by atoms with van der Waals surface area (Å²) in [5, 5.41) is -0.00907. The molecule has 24 heavy (non-hydrogen) atoms. The highest BCUT2D eigenvalue weighted by molar-refractivity contribution is 6.07. The number of fused-ring (bicyclic) bond motifs is 1. The number of esters is 1. The van der Waals surface area contributed by atoms with Gasteiger partial charge in [-0.2, -0.15) is 0 Å². The SMILES string of the molecule is COC(=O)c1c(OC)c(OC)cc2occ(/C=C/C(C)=O)c(=O)c12. The number of ether oxygens (including phenoxy) is 3. The summed E-state index contributed by atoms with van der Waals surface area (Å²) < 4.78 is 20.6. The molecule has 0 saturated carbocycles. The van der Waals surface area contributed by atoms with Crippen LogP contribution in [-0.4, -0.2) is 33.1 Å². The summed E-state index contributed by atoms with van der Waals surface area (Å²) in [6.45, 7) is 1.35. The molecule has 0 fully saturated rings. The molecule has 0 saturated heterocycles. The number of hydrogen-bond acceptors (Lipinski definition) is 7. The van der Waals surface area contributed by atoms with Gasteiger partial charge in [0.05, 0.1) is 32.3 Å². The third-order valence-electron chi connectivity index (χ3n) is 3.32. The maximum atomic E-state index is 12.7. The number of carbonyl (C=O) groups is 2. The Bertz CT molecular complexity index is 890. The largest absolute Gasteiger partial charge is 0.493 e. The molecule has 0 atom stereocenters. The molecule has 0 N–H and O–H groups in total. The topological polar surface area (TPSA) is 92.0 Å². The Labute approximate surface area is 137 Å². The van der Waals surface area contributed by atoms with Crippen molar-refractivity contribution >= 4 is 28.8 Å². The maximum absolute atomic E-state index is 12.7. The van der Waals surface area contributed by atoms with Crippen LogP contribution in [-0.2, 0) is 9.53 Å². The average molecular weight is 332 g/mol. The van der Waals surface area contributed by atoms with Gasteiger partial charge >= 0.3 is 5.97 Å². The molecule has 0 aliphatic heterocycles. The molecular formula is C17H16O7. The van der Waals surface area contributed by atoms with Crippen LogP contribution in [0, 0.1) is 0 Å². The number of benzene rings is 1.